The van der Waals surface area contributed by atoms with Crippen molar-refractivity contribution in [2.24, 2.45) is 0 Å². The minimum absolute atomic E-state index is 0.0450. The number of hydrogen-bond donors (Lipinski definition) is 2. The Kier molecular flexibility index (Phi) is 4.13. The van der Waals surface area contributed by atoms with Gasteiger partial charge in [-0.1, -0.05) is 43.0 Å². The quantitative estimate of drug-likeness (QED) is 0.911. The molecule has 0 spiro atoms. The molecule has 2 heterocycles. The predicted molar refractivity (Wildman–Crippen MR) is 79.6 cm³/mol. The Hall–Kier alpha value is -1.11. The minimum Gasteiger partial charge on any atom is -0.350 e. The second-order valence-electron chi connectivity index (χ2n) is 4.72. The normalized spacial score (nSPS) is 11.5. The largest absolute Gasteiger partial charge is 0.350 e. The lowest BCUT2D eigenvalue weighted by atomic mass is 9.91. The van der Waals surface area contributed by atoms with Crippen LogP contribution in [-0.4, -0.2) is 16.8 Å². The maximum Gasteiger partial charge on any atom is 0.277 e. The third-order valence-electron chi connectivity index (χ3n) is 2.73. The van der Waals surface area contributed by atoms with Gasteiger partial charge in [0.1, 0.15) is 9.90 Å². The highest BCUT2D eigenvalue weighted by Gasteiger charge is 2.24. The summed E-state index contributed by atoms with van der Waals surface area (Å²) in [5.74, 6) is -0.321. The Bertz CT molecular complexity index is 628. The number of aromatic nitrogens is 1. The second-order valence-corrected chi connectivity index (χ2v) is 6.86. The lowest BCUT2D eigenvalue weighted by Gasteiger charge is -2.23. The molecule has 0 saturated heterocycles. The van der Waals surface area contributed by atoms with E-state index in [9.17, 15) is 9.59 Å². The number of nitrogens with one attached hydrogen (secondary N) is 2. The van der Waals surface area contributed by atoms with Gasteiger partial charge in [-0.3, -0.25) is 14.0 Å². The molecule has 102 valence electrons. The van der Waals surface area contributed by atoms with Gasteiger partial charge in [-0.15, -0.1) is 11.3 Å². The van der Waals surface area contributed by atoms with Crippen LogP contribution in [0.4, 0.5) is 0 Å². The van der Waals surface area contributed by atoms with E-state index in [-0.39, 0.29) is 21.2 Å². The molecule has 0 bridgehead atoms. The second kappa shape index (κ2) is 5.48. The molecule has 4 nitrogen and oxygen atoms in total. The van der Waals surface area contributed by atoms with E-state index in [2.05, 4.69) is 23.5 Å². The van der Waals surface area contributed by atoms with Crippen molar-refractivity contribution < 1.29 is 4.79 Å². The molecule has 1 amide bonds. The van der Waals surface area contributed by atoms with Crippen LogP contribution in [0, 0.1) is 0 Å². The van der Waals surface area contributed by atoms with Crippen molar-refractivity contribution in [3.63, 3.8) is 0 Å². The molecule has 2 N–H and O–H groups in total. The van der Waals surface area contributed by atoms with Gasteiger partial charge in [-0.25, -0.2) is 0 Å². The van der Waals surface area contributed by atoms with Gasteiger partial charge in [0.05, 0.1) is 0 Å². The number of carbonyl (C=O) groups is 1. The SMILES string of the molecule is CC(C)(CNC(=O)c1s[nH]c(=O)c1Cl)c1cccs1. The molecule has 0 aliphatic carbocycles. The Balaban J connectivity index is 2.05. The summed E-state index contributed by atoms with van der Waals surface area (Å²) in [4.78, 5) is 24.6. The van der Waals surface area contributed by atoms with E-state index in [0.717, 1.165) is 11.5 Å². The van der Waals surface area contributed by atoms with Crippen LogP contribution in [0.15, 0.2) is 22.3 Å². The molecule has 2 aromatic heterocycles. The van der Waals surface area contributed by atoms with Crippen molar-refractivity contribution in [1.29, 1.82) is 0 Å². The van der Waals surface area contributed by atoms with E-state index in [1.54, 1.807) is 11.3 Å². The van der Waals surface area contributed by atoms with Gasteiger partial charge >= 0.3 is 0 Å². The predicted octanol–water partition coefficient (Wildman–Crippen LogP) is 2.86. The van der Waals surface area contributed by atoms with Crippen LogP contribution in [0.3, 0.4) is 0 Å². The van der Waals surface area contributed by atoms with Crippen LogP contribution >= 0.6 is 34.5 Å². The van der Waals surface area contributed by atoms with Crippen LogP contribution in [-0.2, 0) is 5.41 Å². The Morgan fingerprint density at radius 3 is 2.79 bits per heavy atom. The number of hydrogen-bond acceptors (Lipinski definition) is 4. The van der Waals surface area contributed by atoms with Crippen LogP contribution in [0.1, 0.15) is 28.4 Å². The average Bonchev–Trinajstić information content (AvgIpc) is 2.99. The van der Waals surface area contributed by atoms with Gasteiger partial charge in [0.25, 0.3) is 11.5 Å². The number of halogens is 1. The summed E-state index contributed by atoms with van der Waals surface area (Å²) in [5.41, 5.74) is -0.577. The maximum absolute atomic E-state index is 12.0. The van der Waals surface area contributed by atoms with E-state index in [1.807, 2.05) is 17.5 Å². The lowest BCUT2D eigenvalue weighted by Crippen LogP contribution is -2.36. The smallest absolute Gasteiger partial charge is 0.277 e. The number of thiophene rings is 1. The number of rotatable bonds is 4. The Morgan fingerprint density at radius 2 is 2.26 bits per heavy atom. The Morgan fingerprint density at radius 1 is 1.53 bits per heavy atom. The summed E-state index contributed by atoms with van der Waals surface area (Å²) in [7, 11) is 0. The van der Waals surface area contributed by atoms with Gasteiger partial charge in [0, 0.05) is 16.8 Å². The topological polar surface area (TPSA) is 62.0 Å². The molecule has 0 radical (unpaired) electrons. The number of amides is 1. The van der Waals surface area contributed by atoms with Crippen molar-refractivity contribution in [2.45, 2.75) is 19.3 Å². The van der Waals surface area contributed by atoms with Crippen molar-refractivity contribution in [3.05, 3.63) is 42.6 Å². The highest BCUT2D eigenvalue weighted by atomic mass is 35.5. The molecule has 0 atom stereocenters. The molecule has 0 aliphatic heterocycles. The molecule has 7 heteroatoms. The molecular formula is C12H13ClN2O2S2. The molecule has 0 fully saturated rings. The van der Waals surface area contributed by atoms with Gasteiger partial charge in [0.2, 0.25) is 0 Å². The standard InChI is InChI=1S/C12H13ClN2O2S2/c1-12(2,7-4-3-5-18-7)6-14-11(17)9-8(13)10(16)15-19-9/h3-5H,6H2,1-2H3,(H,14,17)(H,15,16). The molecule has 19 heavy (non-hydrogen) atoms. The summed E-state index contributed by atoms with van der Waals surface area (Å²) >= 11 is 8.37. The summed E-state index contributed by atoms with van der Waals surface area (Å²) in [5, 5.41) is 4.78. The fourth-order valence-corrected chi connectivity index (χ4v) is 3.37. The van der Waals surface area contributed by atoms with Gasteiger partial charge in [-0.05, 0) is 11.4 Å². The van der Waals surface area contributed by atoms with E-state index in [4.69, 9.17) is 11.6 Å². The minimum atomic E-state index is -0.422. The van der Waals surface area contributed by atoms with E-state index >= 15 is 0 Å². The zero-order valence-corrected chi connectivity index (χ0v) is 12.8. The first-order valence-corrected chi connectivity index (χ1v) is 7.68. The van der Waals surface area contributed by atoms with Crippen molar-refractivity contribution in [3.8, 4) is 0 Å². The highest BCUT2D eigenvalue weighted by Crippen LogP contribution is 2.26. The summed E-state index contributed by atoms with van der Waals surface area (Å²) < 4.78 is 2.44. The fourth-order valence-electron chi connectivity index (χ4n) is 1.57. The third kappa shape index (κ3) is 3.08. The van der Waals surface area contributed by atoms with Crippen LogP contribution in [0.25, 0.3) is 0 Å². The first-order chi connectivity index (χ1) is 8.92. The summed E-state index contributed by atoms with van der Waals surface area (Å²) in [6.45, 7) is 4.59. The molecular weight excluding hydrogens is 304 g/mol. The Labute approximate surface area is 123 Å². The van der Waals surface area contributed by atoms with Crippen molar-refractivity contribution in [1.82, 2.24) is 9.69 Å². The van der Waals surface area contributed by atoms with Crippen LogP contribution < -0.4 is 10.9 Å². The first-order valence-electron chi connectivity index (χ1n) is 5.61. The molecule has 0 saturated carbocycles. The van der Waals surface area contributed by atoms with Gasteiger partial charge in [0.15, 0.2) is 0 Å². The third-order valence-corrected chi connectivity index (χ3v) is 5.32. The van der Waals surface area contributed by atoms with Crippen molar-refractivity contribution in [2.75, 3.05) is 6.54 Å². The molecule has 2 rings (SSSR count). The average molecular weight is 317 g/mol. The summed E-state index contributed by atoms with van der Waals surface area (Å²) in [6, 6.07) is 4.02. The molecule has 2 aromatic rings. The number of H-pyrrole nitrogens is 1. The van der Waals surface area contributed by atoms with Gasteiger partial charge in [-0.2, -0.15) is 0 Å². The summed E-state index contributed by atoms with van der Waals surface area (Å²) in [6.07, 6.45) is 0. The maximum atomic E-state index is 12.0. The van der Waals surface area contributed by atoms with E-state index in [0.29, 0.717) is 6.54 Å². The fraction of sp³-hybridized carbons (Fsp3) is 0.333. The first kappa shape index (κ1) is 14.3. The van der Waals surface area contributed by atoms with Gasteiger partial charge < -0.3 is 5.32 Å². The monoisotopic (exact) mass is 316 g/mol. The zero-order chi connectivity index (χ0) is 14.0. The van der Waals surface area contributed by atoms with Crippen LogP contribution in [0.5, 0.6) is 0 Å². The van der Waals surface area contributed by atoms with Crippen LogP contribution in [0.2, 0.25) is 5.02 Å². The lowest BCUT2D eigenvalue weighted by molar-refractivity contribution is 0.0950. The van der Waals surface area contributed by atoms with Crippen molar-refractivity contribution >= 4 is 40.4 Å². The van der Waals surface area contributed by atoms with E-state index in [1.165, 1.54) is 4.88 Å². The molecule has 0 aliphatic rings. The highest BCUT2D eigenvalue weighted by molar-refractivity contribution is 7.10. The number of aromatic amines is 1. The zero-order valence-electron chi connectivity index (χ0n) is 10.5. The molecule has 0 aromatic carbocycles. The molecule has 0 unspecified atom stereocenters. The van der Waals surface area contributed by atoms with E-state index < -0.39 is 5.56 Å². The number of carbonyl (C=O) groups excluding carboxylic acids is 1.